The number of rotatable bonds is 5. The van der Waals surface area contributed by atoms with Crippen LogP contribution in [0.25, 0.3) is 0 Å². The van der Waals surface area contributed by atoms with Crippen LogP contribution < -0.4 is 10.1 Å². The molecule has 2 rings (SSSR count). The van der Waals surface area contributed by atoms with Crippen LogP contribution in [0.5, 0.6) is 5.88 Å². The summed E-state index contributed by atoms with van der Waals surface area (Å²) >= 11 is 0. The van der Waals surface area contributed by atoms with Crippen LogP contribution in [0.4, 0.5) is 13.2 Å². The van der Waals surface area contributed by atoms with Crippen molar-refractivity contribution in [3.05, 3.63) is 23.9 Å². The third-order valence-electron chi connectivity index (χ3n) is 3.81. The zero-order valence-corrected chi connectivity index (χ0v) is 12.7. The van der Waals surface area contributed by atoms with E-state index >= 15 is 0 Å². The van der Waals surface area contributed by atoms with E-state index in [1.54, 1.807) is 0 Å². The third-order valence-corrected chi connectivity index (χ3v) is 3.81. The highest BCUT2D eigenvalue weighted by Gasteiger charge is 2.41. The van der Waals surface area contributed by atoms with Crippen LogP contribution in [0.3, 0.4) is 0 Å². The van der Waals surface area contributed by atoms with E-state index in [1.807, 2.05) is 0 Å². The smallest absolute Gasteiger partial charge is 0.422 e. The van der Waals surface area contributed by atoms with Crippen LogP contribution in [0.1, 0.15) is 42.6 Å². The Hall–Kier alpha value is -2.32. The van der Waals surface area contributed by atoms with Gasteiger partial charge >= 0.3 is 12.1 Å². The number of nitrogens with one attached hydrogen (secondary N) is 1. The lowest BCUT2D eigenvalue weighted by Crippen LogP contribution is -2.55. The number of aromatic nitrogens is 1. The predicted octanol–water partition coefficient (Wildman–Crippen LogP) is 2.54. The van der Waals surface area contributed by atoms with E-state index in [4.69, 9.17) is 0 Å². The second-order valence-electron chi connectivity index (χ2n) is 5.67. The molecule has 0 radical (unpaired) electrons. The molecule has 1 amide bonds. The molecule has 1 aromatic rings. The van der Waals surface area contributed by atoms with Crippen LogP contribution >= 0.6 is 0 Å². The molecule has 0 unspecified atom stereocenters. The monoisotopic (exact) mass is 346 g/mol. The first-order valence-electron chi connectivity index (χ1n) is 7.44. The fourth-order valence-electron chi connectivity index (χ4n) is 2.61. The van der Waals surface area contributed by atoms with Crippen molar-refractivity contribution in [1.82, 2.24) is 10.3 Å². The molecule has 1 aliphatic rings. The van der Waals surface area contributed by atoms with Gasteiger partial charge in [0.15, 0.2) is 6.61 Å². The Kier molecular flexibility index (Phi) is 5.30. The van der Waals surface area contributed by atoms with Gasteiger partial charge in [0.25, 0.3) is 5.91 Å². The maximum Gasteiger partial charge on any atom is 0.422 e. The van der Waals surface area contributed by atoms with Crippen LogP contribution in [-0.2, 0) is 4.79 Å². The maximum atomic E-state index is 12.3. The molecule has 24 heavy (non-hydrogen) atoms. The van der Waals surface area contributed by atoms with E-state index in [0.717, 1.165) is 6.42 Å². The number of hydrogen-bond acceptors (Lipinski definition) is 4. The highest BCUT2D eigenvalue weighted by molar-refractivity contribution is 5.96. The lowest BCUT2D eigenvalue weighted by atomic mass is 9.81. The molecule has 2 N–H and O–H groups in total. The molecule has 0 atom stereocenters. The van der Waals surface area contributed by atoms with E-state index < -0.39 is 30.2 Å². The van der Waals surface area contributed by atoms with Gasteiger partial charge in [0.1, 0.15) is 11.2 Å². The zero-order valence-electron chi connectivity index (χ0n) is 12.7. The minimum absolute atomic E-state index is 0.194. The number of hydrogen-bond donors (Lipinski definition) is 2. The Morgan fingerprint density at radius 2 is 1.92 bits per heavy atom. The molecule has 6 nitrogen and oxygen atoms in total. The average Bonchev–Trinajstić information content (AvgIpc) is 2.53. The van der Waals surface area contributed by atoms with Crippen molar-refractivity contribution in [1.29, 1.82) is 0 Å². The standard InChI is InChI=1S/C15H17F3N2O4/c16-15(17,18)9-24-11-6-4-5-10(19-11)12(21)20-14(13(22)23)7-2-1-3-8-14/h4-6H,1-3,7-9H2,(H,20,21)(H,22,23). The first-order valence-corrected chi connectivity index (χ1v) is 7.44. The van der Waals surface area contributed by atoms with E-state index in [9.17, 15) is 27.9 Å². The number of alkyl halides is 3. The fraction of sp³-hybridized carbons (Fsp3) is 0.533. The molecule has 0 aromatic carbocycles. The number of carboxylic acids is 1. The molecule has 1 aliphatic carbocycles. The molecule has 132 valence electrons. The number of halogens is 3. The van der Waals surface area contributed by atoms with Crippen molar-refractivity contribution in [2.75, 3.05) is 6.61 Å². The Morgan fingerprint density at radius 1 is 1.25 bits per heavy atom. The van der Waals surface area contributed by atoms with Crippen LogP contribution in [0.2, 0.25) is 0 Å². The van der Waals surface area contributed by atoms with Gasteiger partial charge in [0.05, 0.1) is 0 Å². The average molecular weight is 346 g/mol. The first-order chi connectivity index (χ1) is 11.2. The molecular weight excluding hydrogens is 329 g/mol. The quantitative estimate of drug-likeness (QED) is 0.855. The van der Waals surface area contributed by atoms with Crippen molar-refractivity contribution in [2.45, 2.75) is 43.8 Å². The molecule has 0 aliphatic heterocycles. The van der Waals surface area contributed by atoms with Crippen molar-refractivity contribution in [3.63, 3.8) is 0 Å². The lowest BCUT2D eigenvalue weighted by Gasteiger charge is -2.33. The second kappa shape index (κ2) is 7.06. The number of pyridine rings is 1. The van der Waals surface area contributed by atoms with E-state index in [2.05, 4.69) is 15.0 Å². The van der Waals surface area contributed by atoms with Crippen molar-refractivity contribution >= 4 is 11.9 Å². The zero-order chi connectivity index (χ0) is 17.8. The third kappa shape index (κ3) is 4.59. The largest absolute Gasteiger partial charge is 0.480 e. The normalized spacial score (nSPS) is 17.1. The number of amides is 1. The SMILES string of the molecule is O=C(NC1(C(=O)O)CCCCC1)c1cccc(OCC(F)(F)F)n1. The minimum Gasteiger partial charge on any atom is -0.480 e. The molecule has 0 spiro atoms. The molecule has 1 fully saturated rings. The first kappa shape index (κ1) is 18.0. The summed E-state index contributed by atoms with van der Waals surface area (Å²) in [5.74, 6) is -2.23. The Bertz CT molecular complexity index is 613. The van der Waals surface area contributed by atoms with Gasteiger partial charge in [-0.1, -0.05) is 25.3 Å². The van der Waals surface area contributed by atoms with E-state index in [1.165, 1.54) is 18.2 Å². The summed E-state index contributed by atoms with van der Waals surface area (Å²) < 4.78 is 40.9. The molecule has 0 saturated heterocycles. The van der Waals surface area contributed by atoms with Crippen molar-refractivity contribution < 1.29 is 32.6 Å². The Morgan fingerprint density at radius 3 is 2.50 bits per heavy atom. The number of aliphatic carboxylic acids is 1. The van der Waals surface area contributed by atoms with Gasteiger partial charge in [0, 0.05) is 6.07 Å². The van der Waals surface area contributed by atoms with Crippen LogP contribution in [-0.4, -0.2) is 40.3 Å². The van der Waals surface area contributed by atoms with E-state index in [-0.39, 0.29) is 11.6 Å². The van der Waals surface area contributed by atoms with Gasteiger partial charge in [-0.3, -0.25) is 4.79 Å². The van der Waals surface area contributed by atoms with Gasteiger partial charge in [-0.05, 0) is 18.9 Å². The summed E-state index contributed by atoms with van der Waals surface area (Å²) in [6, 6.07) is 3.80. The molecular formula is C15H17F3N2O4. The van der Waals surface area contributed by atoms with Gasteiger partial charge in [-0.2, -0.15) is 13.2 Å². The summed E-state index contributed by atoms with van der Waals surface area (Å²) in [6.45, 7) is -1.52. The number of carbonyl (C=O) groups excluding carboxylic acids is 1. The summed E-state index contributed by atoms with van der Waals surface area (Å²) in [4.78, 5) is 27.5. The molecule has 1 saturated carbocycles. The fourth-order valence-corrected chi connectivity index (χ4v) is 2.61. The number of nitrogens with zero attached hydrogens (tertiary/aromatic N) is 1. The van der Waals surface area contributed by atoms with Crippen LogP contribution in [0.15, 0.2) is 18.2 Å². The summed E-state index contributed by atoms with van der Waals surface area (Å²) in [5, 5.41) is 11.9. The highest BCUT2D eigenvalue weighted by atomic mass is 19.4. The Balaban J connectivity index is 2.10. The molecule has 9 heteroatoms. The van der Waals surface area contributed by atoms with Gasteiger partial charge in [-0.25, -0.2) is 9.78 Å². The summed E-state index contributed by atoms with van der Waals surface area (Å²) in [6.07, 6.45) is -1.67. The molecule has 1 aromatic heterocycles. The summed E-state index contributed by atoms with van der Waals surface area (Å²) in [7, 11) is 0. The van der Waals surface area contributed by atoms with Crippen molar-refractivity contribution in [3.8, 4) is 5.88 Å². The topological polar surface area (TPSA) is 88.5 Å². The summed E-state index contributed by atoms with van der Waals surface area (Å²) in [5.41, 5.74) is -1.55. The van der Waals surface area contributed by atoms with Gasteiger partial charge < -0.3 is 15.2 Å². The number of carboxylic acid groups (broad SMARTS) is 1. The number of carbonyl (C=O) groups is 2. The lowest BCUT2D eigenvalue weighted by molar-refractivity contribution is -0.154. The molecule has 0 bridgehead atoms. The highest BCUT2D eigenvalue weighted by Crippen LogP contribution is 2.29. The predicted molar refractivity (Wildman–Crippen MR) is 76.7 cm³/mol. The molecule has 1 heterocycles. The van der Waals surface area contributed by atoms with Gasteiger partial charge in [0.2, 0.25) is 5.88 Å². The number of ether oxygens (including phenoxy) is 1. The Labute approximate surface area is 136 Å². The second-order valence-corrected chi connectivity index (χ2v) is 5.67. The minimum atomic E-state index is -4.52. The van der Waals surface area contributed by atoms with Gasteiger partial charge in [-0.15, -0.1) is 0 Å². The van der Waals surface area contributed by atoms with Crippen molar-refractivity contribution in [2.24, 2.45) is 0 Å². The van der Waals surface area contributed by atoms with Crippen LogP contribution in [0, 0.1) is 0 Å². The van der Waals surface area contributed by atoms with E-state index in [0.29, 0.717) is 25.7 Å². The maximum absolute atomic E-state index is 12.3.